The molecule has 0 N–H and O–H groups in total. The van der Waals surface area contributed by atoms with Crippen molar-refractivity contribution in [3.8, 4) is 0 Å². The highest BCUT2D eigenvalue weighted by Gasteiger charge is 2.14. The van der Waals surface area contributed by atoms with Crippen molar-refractivity contribution in [3.05, 3.63) is 44.8 Å². The minimum atomic E-state index is 0.648. The van der Waals surface area contributed by atoms with Crippen LogP contribution in [0.4, 0.5) is 0 Å². The van der Waals surface area contributed by atoms with Gasteiger partial charge in [0.05, 0.1) is 10.0 Å². The Morgan fingerprint density at radius 3 is 2.44 bits per heavy atom. The third kappa shape index (κ3) is 1.37. The lowest BCUT2D eigenvalue weighted by Crippen LogP contribution is -1.73. The van der Waals surface area contributed by atoms with Crippen LogP contribution in [0, 0.1) is 0 Å². The van der Waals surface area contributed by atoms with Crippen molar-refractivity contribution < 1.29 is 4.42 Å². The molecular formula is C12H5BrCl2O. The van der Waals surface area contributed by atoms with Gasteiger partial charge in [0.25, 0.3) is 0 Å². The number of fused-ring (bicyclic) bond motifs is 3. The van der Waals surface area contributed by atoms with Crippen LogP contribution in [-0.2, 0) is 0 Å². The van der Waals surface area contributed by atoms with E-state index in [4.69, 9.17) is 27.6 Å². The first kappa shape index (κ1) is 10.5. The molecule has 0 saturated carbocycles. The van der Waals surface area contributed by atoms with Crippen molar-refractivity contribution in [1.29, 1.82) is 0 Å². The molecule has 80 valence electrons. The summed E-state index contributed by atoms with van der Waals surface area (Å²) in [6, 6.07) is 9.24. The molecule has 0 aliphatic carbocycles. The Labute approximate surface area is 110 Å². The van der Waals surface area contributed by atoms with Crippen LogP contribution in [0.1, 0.15) is 0 Å². The fourth-order valence-electron chi connectivity index (χ4n) is 1.80. The Kier molecular flexibility index (Phi) is 2.39. The Morgan fingerprint density at radius 2 is 1.62 bits per heavy atom. The number of benzene rings is 2. The quantitative estimate of drug-likeness (QED) is 0.522. The maximum atomic E-state index is 6.18. The first-order valence-electron chi connectivity index (χ1n) is 4.63. The van der Waals surface area contributed by atoms with E-state index < -0.39 is 0 Å². The molecule has 0 aliphatic rings. The monoisotopic (exact) mass is 314 g/mol. The summed E-state index contributed by atoms with van der Waals surface area (Å²) in [4.78, 5) is 0. The summed E-state index contributed by atoms with van der Waals surface area (Å²) in [6.07, 6.45) is 0. The zero-order chi connectivity index (χ0) is 11.3. The van der Waals surface area contributed by atoms with Gasteiger partial charge in [-0.15, -0.1) is 0 Å². The third-order valence-electron chi connectivity index (χ3n) is 2.50. The van der Waals surface area contributed by atoms with Crippen molar-refractivity contribution >= 4 is 61.1 Å². The largest absolute Gasteiger partial charge is 0.456 e. The molecule has 3 aromatic rings. The second kappa shape index (κ2) is 3.66. The molecule has 0 spiro atoms. The molecule has 0 radical (unpaired) electrons. The lowest BCUT2D eigenvalue weighted by atomic mass is 10.1. The average Bonchev–Trinajstić information content (AvgIpc) is 2.64. The van der Waals surface area contributed by atoms with E-state index in [1.165, 1.54) is 0 Å². The predicted molar refractivity (Wildman–Crippen MR) is 71.4 cm³/mol. The summed E-state index contributed by atoms with van der Waals surface area (Å²) in [7, 11) is 0. The van der Waals surface area contributed by atoms with E-state index in [1.54, 1.807) is 6.07 Å². The molecule has 3 rings (SSSR count). The van der Waals surface area contributed by atoms with Crippen LogP contribution in [-0.4, -0.2) is 0 Å². The van der Waals surface area contributed by atoms with Gasteiger partial charge >= 0.3 is 0 Å². The van der Waals surface area contributed by atoms with E-state index in [-0.39, 0.29) is 0 Å². The topological polar surface area (TPSA) is 13.1 Å². The van der Waals surface area contributed by atoms with Gasteiger partial charge in [-0.1, -0.05) is 29.3 Å². The van der Waals surface area contributed by atoms with E-state index in [0.717, 1.165) is 26.4 Å². The highest BCUT2D eigenvalue weighted by atomic mass is 79.9. The third-order valence-corrected chi connectivity index (χ3v) is 4.18. The Balaban J connectivity index is 2.66. The first-order chi connectivity index (χ1) is 7.68. The summed E-state index contributed by atoms with van der Waals surface area (Å²) in [5, 5.41) is 3.14. The van der Waals surface area contributed by atoms with E-state index in [0.29, 0.717) is 10.0 Å². The van der Waals surface area contributed by atoms with Gasteiger partial charge in [-0.3, -0.25) is 0 Å². The van der Waals surface area contributed by atoms with Crippen molar-refractivity contribution in [2.45, 2.75) is 0 Å². The minimum absolute atomic E-state index is 0.648. The normalized spacial score (nSPS) is 11.4. The van der Waals surface area contributed by atoms with E-state index in [9.17, 15) is 0 Å². The SMILES string of the molecule is Clc1ccc2oc3cccc(Cl)c3c2c1Br. The molecule has 0 saturated heterocycles. The summed E-state index contributed by atoms with van der Waals surface area (Å²) >= 11 is 15.7. The highest BCUT2D eigenvalue weighted by molar-refractivity contribution is 9.10. The maximum Gasteiger partial charge on any atom is 0.136 e. The first-order valence-corrected chi connectivity index (χ1v) is 6.18. The maximum absolute atomic E-state index is 6.18. The molecule has 0 fully saturated rings. The van der Waals surface area contributed by atoms with Crippen molar-refractivity contribution in [3.63, 3.8) is 0 Å². The van der Waals surface area contributed by atoms with Gasteiger partial charge in [-0.25, -0.2) is 0 Å². The number of furan rings is 1. The zero-order valence-electron chi connectivity index (χ0n) is 7.93. The second-order valence-corrected chi connectivity index (χ2v) is 5.06. The summed E-state index contributed by atoms with van der Waals surface area (Å²) in [5.74, 6) is 0. The van der Waals surface area contributed by atoms with E-state index >= 15 is 0 Å². The number of hydrogen-bond donors (Lipinski definition) is 0. The van der Waals surface area contributed by atoms with Gasteiger partial charge in [0.15, 0.2) is 0 Å². The Morgan fingerprint density at radius 1 is 0.875 bits per heavy atom. The minimum Gasteiger partial charge on any atom is -0.456 e. The molecular weight excluding hydrogens is 311 g/mol. The molecule has 1 aromatic heterocycles. The van der Waals surface area contributed by atoms with Gasteiger partial charge in [0.1, 0.15) is 11.2 Å². The fourth-order valence-corrected chi connectivity index (χ4v) is 2.75. The van der Waals surface area contributed by atoms with Crippen LogP contribution in [0.25, 0.3) is 21.9 Å². The van der Waals surface area contributed by atoms with Crippen LogP contribution in [0.3, 0.4) is 0 Å². The molecule has 0 amide bonds. The lowest BCUT2D eigenvalue weighted by Gasteiger charge is -1.97. The van der Waals surface area contributed by atoms with Gasteiger partial charge < -0.3 is 4.42 Å². The van der Waals surface area contributed by atoms with Gasteiger partial charge in [0.2, 0.25) is 0 Å². The summed E-state index contributed by atoms with van der Waals surface area (Å²) in [6.45, 7) is 0. The van der Waals surface area contributed by atoms with E-state index in [1.807, 2.05) is 24.3 Å². The van der Waals surface area contributed by atoms with Gasteiger partial charge in [0, 0.05) is 15.2 Å². The Hall–Kier alpha value is -0.700. The van der Waals surface area contributed by atoms with Crippen LogP contribution in [0.15, 0.2) is 39.2 Å². The molecule has 0 unspecified atom stereocenters. The van der Waals surface area contributed by atoms with Crippen molar-refractivity contribution in [2.75, 3.05) is 0 Å². The number of rotatable bonds is 0. The van der Waals surface area contributed by atoms with Crippen molar-refractivity contribution in [2.24, 2.45) is 0 Å². The van der Waals surface area contributed by atoms with Gasteiger partial charge in [-0.2, -0.15) is 0 Å². The smallest absolute Gasteiger partial charge is 0.136 e. The molecule has 1 nitrogen and oxygen atoms in total. The number of halogens is 3. The zero-order valence-corrected chi connectivity index (χ0v) is 11.0. The summed E-state index contributed by atoms with van der Waals surface area (Å²) in [5.41, 5.74) is 1.55. The lowest BCUT2D eigenvalue weighted by molar-refractivity contribution is 0.669. The molecule has 4 heteroatoms. The summed E-state index contributed by atoms with van der Waals surface area (Å²) < 4.78 is 6.51. The molecule has 16 heavy (non-hydrogen) atoms. The van der Waals surface area contributed by atoms with Crippen molar-refractivity contribution in [1.82, 2.24) is 0 Å². The van der Waals surface area contributed by atoms with Crippen LogP contribution in [0.2, 0.25) is 10.0 Å². The highest BCUT2D eigenvalue weighted by Crippen LogP contribution is 2.40. The second-order valence-electron chi connectivity index (χ2n) is 3.45. The van der Waals surface area contributed by atoms with Gasteiger partial charge in [-0.05, 0) is 40.2 Å². The molecule has 0 bridgehead atoms. The predicted octanol–water partition coefficient (Wildman–Crippen LogP) is 5.66. The standard InChI is InChI=1S/C12H5BrCl2O/c13-12-7(15)4-5-9-11(12)10-6(14)2-1-3-8(10)16-9/h1-5H. The van der Waals surface area contributed by atoms with Crippen LogP contribution >= 0.6 is 39.1 Å². The molecule has 0 aliphatic heterocycles. The number of hydrogen-bond acceptors (Lipinski definition) is 1. The average molecular weight is 316 g/mol. The molecule has 0 atom stereocenters. The molecule has 2 aromatic carbocycles. The van der Waals surface area contributed by atoms with E-state index in [2.05, 4.69) is 15.9 Å². The van der Waals surface area contributed by atoms with Crippen LogP contribution < -0.4 is 0 Å². The van der Waals surface area contributed by atoms with Crippen LogP contribution in [0.5, 0.6) is 0 Å². The Bertz CT molecular complexity index is 703. The molecule has 1 heterocycles. The fraction of sp³-hybridized carbons (Fsp3) is 0.